The topological polar surface area (TPSA) is 73.8 Å². The van der Waals surface area contributed by atoms with Gasteiger partial charge in [0.25, 0.3) is 5.91 Å². The number of imide groups is 1. The molecule has 8 nitrogen and oxygen atoms in total. The van der Waals surface area contributed by atoms with Gasteiger partial charge in [0.1, 0.15) is 5.69 Å². The molecule has 1 fully saturated rings. The minimum absolute atomic E-state index is 0.217. The number of unbranched alkanes of at least 4 members (excludes halogenated alkanes) is 1. The average molecular weight is 422 g/mol. The van der Waals surface area contributed by atoms with Crippen molar-refractivity contribution in [3.63, 3.8) is 0 Å². The lowest BCUT2D eigenvalue weighted by atomic mass is 10.1. The Bertz CT molecular complexity index is 1070. The zero-order valence-electron chi connectivity index (χ0n) is 18.6. The molecule has 2 aliphatic heterocycles. The number of hydrogen-bond acceptors (Lipinski definition) is 4. The van der Waals surface area contributed by atoms with E-state index >= 15 is 0 Å². The SMILES string of the molecule is CCCC[N+]1=C(n2nc(C)cc2C)N=C2C1C(=O)N(CCc1ccccc1)C(=O)N2C. The van der Waals surface area contributed by atoms with Gasteiger partial charge in [0.2, 0.25) is 11.9 Å². The molecule has 3 amide bonds. The Morgan fingerprint density at radius 3 is 2.52 bits per heavy atom. The molecule has 3 heterocycles. The first-order valence-electron chi connectivity index (χ1n) is 10.8. The van der Waals surface area contributed by atoms with Crippen molar-refractivity contribution < 1.29 is 14.2 Å². The Morgan fingerprint density at radius 1 is 1.13 bits per heavy atom. The van der Waals surface area contributed by atoms with E-state index in [0.717, 1.165) is 29.8 Å². The van der Waals surface area contributed by atoms with Gasteiger partial charge in [-0.1, -0.05) is 48.7 Å². The number of likely N-dealkylation sites (N-methyl/N-ethyl adjacent to an activating group) is 1. The van der Waals surface area contributed by atoms with Crippen molar-refractivity contribution in [1.29, 1.82) is 0 Å². The molecule has 1 saturated heterocycles. The molecule has 31 heavy (non-hydrogen) atoms. The fourth-order valence-corrected chi connectivity index (χ4v) is 4.16. The summed E-state index contributed by atoms with van der Waals surface area (Å²) in [6, 6.07) is 10.9. The number of amidine groups is 1. The number of rotatable bonds is 6. The van der Waals surface area contributed by atoms with Crippen LogP contribution in [0.15, 0.2) is 41.4 Å². The second kappa shape index (κ2) is 8.45. The highest BCUT2D eigenvalue weighted by atomic mass is 16.2. The maximum Gasteiger partial charge on any atom is 0.421 e. The lowest BCUT2D eigenvalue weighted by molar-refractivity contribution is -0.538. The van der Waals surface area contributed by atoms with Crippen LogP contribution in [0.2, 0.25) is 0 Å². The lowest BCUT2D eigenvalue weighted by Gasteiger charge is -2.34. The van der Waals surface area contributed by atoms with E-state index in [9.17, 15) is 9.59 Å². The lowest BCUT2D eigenvalue weighted by Crippen LogP contribution is -2.63. The van der Waals surface area contributed by atoms with E-state index < -0.39 is 6.04 Å². The normalized spacial score (nSPS) is 18.7. The third kappa shape index (κ3) is 3.78. The van der Waals surface area contributed by atoms with Crippen LogP contribution >= 0.6 is 0 Å². The largest absolute Gasteiger partial charge is 0.421 e. The molecule has 0 spiro atoms. The van der Waals surface area contributed by atoms with Crippen molar-refractivity contribution in [3.8, 4) is 0 Å². The molecule has 8 heteroatoms. The summed E-state index contributed by atoms with van der Waals surface area (Å²) in [4.78, 5) is 34.2. The van der Waals surface area contributed by atoms with E-state index in [1.807, 2.05) is 54.8 Å². The van der Waals surface area contributed by atoms with Gasteiger partial charge in [-0.25, -0.2) is 9.37 Å². The molecule has 0 radical (unpaired) electrons. The zero-order valence-corrected chi connectivity index (χ0v) is 18.6. The van der Waals surface area contributed by atoms with Gasteiger partial charge in [0.05, 0.1) is 12.2 Å². The monoisotopic (exact) mass is 421 g/mol. The maximum atomic E-state index is 13.5. The van der Waals surface area contributed by atoms with Crippen LogP contribution in [0.5, 0.6) is 0 Å². The molecule has 4 rings (SSSR count). The van der Waals surface area contributed by atoms with E-state index in [-0.39, 0.29) is 11.9 Å². The molecule has 0 saturated carbocycles. The van der Waals surface area contributed by atoms with Crippen LogP contribution in [-0.4, -0.2) is 74.1 Å². The van der Waals surface area contributed by atoms with E-state index in [1.54, 1.807) is 11.7 Å². The second-order valence-corrected chi connectivity index (χ2v) is 8.13. The summed E-state index contributed by atoms with van der Waals surface area (Å²) in [7, 11) is 1.69. The Kier molecular flexibility index (Phi) is 5.71. The number of benzene rings is 1. The van der Waals surface area contributed by atoms with Gasteiger partial charge in [-0.2, -0.15) is 0 Å². The van der Waals surface area contributed by atoms with Gasteiger partial charge >= 0.3 is 12.0 Å². The predicted octanol–water partition coefficient (Wildman–Crippen LogP) is 2.43. The molecular weight excluding hydrogens is 392 g/mol. The van der Waals surface area contributed by atoms with Crippen molar-refractivity contribution >= 4 is 23.7 Å². The highest BCUT2D eigenvalue weighted by Crippen LogP contribution is 2.22. The van der Waals surface area contributed by atoms with Crippen molar-refractivity contribution in [2.24, 2.45) is 4.99 Å². The summed E-state index contributed by atoms with van der Waals surface area (Å²) in [5, 5.41) is 4.58. The molecule has 162 valence electrons. The number of nitrogens with zero attached hydrogens (tertiary/aromatic N) is 6. The number of aryl methyl sites for hydroxylation is 2. The second-order valence-electron chi connectivity index (χ2n) is 8.13. The van der Waals surface area contributed by atoms with Gasteiger partial charge in [0.15, 0.2) is 0 Å². The molecule has 2 aromatic rings. The van der Waals surface area contributed by atoms with E-state index in [4.69, 9.17) is 4.99 Å². The number of aromatic nitrogens is 2. The number of carbonyl (C=O) groups is 2. The first-order chi connectivity index (χ1) is 14.9. The van der Waals surface area contributed by atoms with Crippen LogP contribution in [0, 0.1) is 13.8 Å². The number of aliphatic imine (C=N–C) groups is 1. The van der Waals surface area contributed by atoms with E-state index in [0.29, 0.717) is 31.3 Å². The number of hydrogen-bond donors (Lipinski definition) is 0. The van der Waals surface area contributed by atoms with Gasteiger partial charge in [-0.15, -0.1) is 9.78 Å². The van der Waals surface area contributed by atoms with E-state index in [2.05, 4.69) is 12.0 Å². The highest BCUT2D eigenvalue weighted by Gasteiger charge is 2.52. The summed E-state index contributed by atoms with van der Waals surface area (Å²) < 4.78 is 3.77. The molecule has 1 aromatic carbocycles. The number of carbonyl (C=O) groups excluding carboxylic acids is 2. The molecular formula is C23H29N6O2+. The summed E-state index contributed by atoms with van der Waals surface area (Å²) >= 11 is 0. The van der Waals surface area contributed by atoms with E-state index in [1.165, 1.54) is 9.80 Å². The first kappa shape index (κ1) is 21.0. The Hall–Kier alpha value is -3.29. The molecule has 2 aliphatic rings. The zero-order chi connectivity index (χ0) is 22.1. The van der Waals surface area contributed by atoms with Crippen LogP contribution in [0.3, 0.4) is 0 Å². The van der Waals surface area contributed by atoms with Gasteiger partial charge in [-0.05, 0) is 38.3 Å². The third-order valence-electron chi connectivity index (χ3n) is 5.81. The van der Waals surface area contributed by atoms with Gasteiger partial charge in [0, 0.05) is 13.6 Å². The minimum Gasteiger partial charge on any atom is -0.270 e. The molecule has 1 atom stereocenters. The third-order valence-corrected chi connectivity index (χ3v) is 5.81. The summed E-state index contributed by atoms with van der Waals surface area (Å²) in [5.74, 6) is 0.868. The quantitative estimate of drug-likeness (QED) is 0.673. The van der Waals surface area contributed by atoms with Crippen molar-refractivity contribution in [2.75, 3.05) is 20.1 Å². The summed E-state index contributed by atoms with van der Waals surface area (Å²) in [5.41, 5.74) is 2.92. The molecule has 0 aliphatic carbocycles. The minimum atomic E-state index is -0.607. The van der Waals surface area contributed by atoms with Crippen LogP contribution in [0.25, 0.3) is 0 Å². The van der Waals surface area contributed by atoms with Gasteiger partial charge in [-0.3, -0.25) is 14.6 Å². The van der Waals surface area contributed by atoms with Crippen LogP contribution in [0.4, 0.5) is 4.79 Å². The Morgan fingerprint density at radius 2 is 1.87 bits per heavy atom. The molecule has 1 unspecified atom stereocenters. The number of urea groups is 1. The maximum absolute atomic E-state index is 13.5. The molecule has 0 bridgehead atoms. The van der Waals surface area contributed by atoms with Crippen molar-refractivity contribution in [3.05, 3.63) is 53.3 Å². The van der Waals surface area contributed by atoms with Crippen LogP contribution < -0.4 is 0 Å². The number of amides is 3. The average Bonchev–Trinajstić information content (AvgIpc) is 3.30. The molecule has 1 aromatic heterocycles. The fourth-order valence-electron chi connectivity index (χ4n) is 4.16. The summed E-state index contributed by atoms with van der Waals surface area (Å²) in [6.07, 6.45) is 2.52. The van der Waals surface area contributed by atoms with Crippen molar-refractivity contribution in [1.82, 2.24) is 19.6 Å². The van der Waals surface area contributed by atoms with Crippen molar-refractivity contribution in [2.45, 2.75) is 46.1 Å². The molecule has 0 N–H and O–H groups in total. The highest BCUT2D eigenvalue weighted by molar-refractivity contribution is 6.23. The first-order valence-corrected chi connectivity index (χ1v) is 10.8. The predicted molar refractivity (Wildman–Crippen MR) is 118 cm³/mol. The number of fused-ring (bicyclic) bond motifs is 1. The Labute approximate surface area is 182 Å². The Balaban J connectivity index is 1.69. The fraction of sp³-hybridized carbons (Fsp3) is 0.435. The van der Waals surface area contributed by atoms with Crippen LogP contribution in [0.1, 0.15) is 36.7 Å². The summed E-state index contributed by atoms with van der Waals surface area (Å²) in [6.45, 7) is 7.03. The van der Waals surface area contributed by atoms with Crippen LogP contribution in [-0.2, 0) is 11.2 Å². The standard InChI is InChI=1S/C23H29N6O2/c1-5-6-13-27-19-20(24-22(27)29-17(3)15-16(2)25-29)26(4)23(31)28(21(19)30)14-12-18-10-8-7-9-11-18/h7-11,15,19H,5-6,12-14H2,1-4H3/q+1. The van der Waals surface area contributed by atoms with Gasteiger partial charge < -0.3 is 0 Å². The smallest absolute Gasteiger partial charge is 0.270 e.